The van der Waals surface area contributed by atoms with E-state index in [4.69, 9.17) is 28.8 Å². The van der Waals surface area contributed by atoms with E-state index in [1.807, 2.05) is 0 Å². The number of rotatable bonds is 2. The van der Waals surface area contributed by atoms with Crippen LogP contribution in [0.2, 0.25) is 0 Å². The second-order valence-electron chi connectivity index (χ2n) is 1.25. The second-order valence-corrected chi connectivity index (χ2v) is 4.36. The minimum absolute atomic E-state index is 0. The molecule has 0 bridgehead atoms. The molecule has 0 unspecified atom stereocenters. The van der Waals surface area contributed by atoms with Gasteiger partial charge in [0, 0.05) is 62.7 Å². The second kappa shape index (κ2) is 6.67. The van der Waals surface area contributed by atoms with Gasteiger partial charge in [0.1, 0.15) is 0 Å². The average molecular weight is 394 g/mol. The molecule has 11 heavy (non-hydrogen) atoms. The summed E-state index contributed by atoms with van der Waals surface area (Å²) in [5.41, 5.74) is 0. The third-order valence-corrected chi connectivity index (χ3v) is 2.46. The van der Waals surface area contributed by atoms with E-state index in [1.54, 1.807) is 0 Å². The molecule has 6 N–H and O–H groups in total. The molecule has 0 aromatic carbocycles. The number of hydrogen-bond acceptors (Lipinski definition) is 7. The van der Waals surface area contributed by atoms with Gasteiger partial charge in [-0.05, 0) is 0 Å². The molecular formula is H6LuO7ScSi2. The molecule has 11 heteroatoms. The third kappa shape index (κ3) is 18.9. The van der Waals surface area contributed by atoms with E-state index in [1.165, 1.54) is 0 Å². The first-order chi connectivity index (χ1) is 3.71. The van der Waals surface area contributed by atoms with Crippen molar-refractivity contribution in [3.8, 4) is 0 Å². The summed E-state index contributed by atoms with van der Waals surface area (Å²) in [7, 11) is -9.96. The van der Waals surface area contributed by atoms with Crippen molar-refractivity contribution in [1.29, 1.82) is 0 Å². The Morgan fingerprint density at radius 3 is 0.909 bits per heavy atom. The fourth-order valence-electron chi connectivity index (χ4n) is 0.184. The van der Waals surface area contributed by atoms with Crippen LogP contribution >= 0.6 is 0 Å². The van der Waals surface area contributed by atoms with Crippen molar-refractivity contribution in [2.75, 3.05) is 0 Å². The minimum Gasteiger partial charge on any atom is -0.368 e. The van der Waals surface area contributed by atoms with Gasteiger partial charge in [0.15, 0.2) is 0 Å². The van der Waals surface area contributed by atoms with Gasteiger partial charge in [-0.15, -0.1) is 0 Å². The molecule has 0 aromatic heterocycles. The Hall–Kier alpha value is 2.26. The summed E-state index contributed by atoms with van der Waals surface area (Å²) in [5.74, 6) is 0. The van der Waals surface area contributed by atoms with Gasteiger partial charge >= 0.3 is 18.1 Å². The minimum atomic E-state index is -4.98. The molecule has 0 aliphatic heterocycles. The van der Waals surface area contributed by atoms with Crippen LogP contribution < -0.4 is 0 Å². The molecule has 0 aromatic rings. The third-order valence-electron chi connectivity index (χ3n) is 0.274. The topological polar surface area (TPSA) is 131 Å². The predicted molar refractivity (Wildman–Crippen MR) is 25.9 cm³/mol. The average Bonchev–Trinajstić information content (AvgIpc) is 1.14. The van der Waals surface area contributed by atoms with Gasteiger partial charge in [-0.2, -0.15) is 0 Å². The summed E-state index contributed by atoms with van der Waals surface area (Å²) >= 11 is 0. The Labute approximate surface area is 112 Å². The first-order valence-corrected chi connectivity index (χ1v) is 5.25. The van der Waals surface area contributed by atoms with E-state index in [2.05, 4.69) is 4.12 Å². The summed E-state index contributed by atoms with van der Waals surface area (Å²) in [4.78, 5) is 47.6. The van der Waals surface area contributed by atoms with E-state index in [9.17, 15) is 0 Å². The zero-order valence-corrected chi connectivity index (χ0v) is 10.4. The zero-order chi connectivity index (χ0) is 7.71. The largest absolute Gasteiger partial charge is 0.665 e. The van der Waals surface area contributed by atoms with Crippen LogP contribution in [-0.2, 0) is 30.0 Å². The van der Waals surface area contributed by atoms with Crippen LogP contribution in [0.25, 0.3) is 0 Å². The smallest absolute Gasteiger partial charge is 0.368 e. The summed E-state index contributed by atoms with van der Waals surface area (Å²) < 4.78 is 3.24. The summed E-state index contributed by atoms with van der Waals surface area (Å²) in [6, 6.07) is 0. The summed E-state index contributed by atoms with van der Waals surface area (Å²) in [5, 5.41) is 0. The molecule has 0 aliphatic carbocycles. The van der Waals surface area contributed by atoms with Gasteiger partial charge in [-0.3, -0.25) is 0 Å². The first kappa shape index (κ1) is 18.9. The maximum atomic E-state index is 7.94. The molecule has 0 heterocycles. The van der Waals surface area contributed by atoms with Crippen LogP contribution in [0.5, 0.6) is 0 Å². The van der Waals surface area contributed by atoms with Gasteiger partial charge in [0.05, 0.1) is 0 Å². The Morgan fingerprint density at radius 2 is 0.909 bits per heavy atom. The van der Waals surface area contributed by atoms with Crippen molar-refractivity contribution in [3.63, 3.8) is 0 Å². The van der Waals surface area contributed by atoms with Crippen molar-refractivity contribution in [3.05, 3.63) is 0 Å². The Bertz CT molecular complexity index is 81.6. The molecule has 0 rings (SSSR count). The van der Waals surface area contributed by atoms with E-state index < -0.39 is 18.1 Å². The monoisotopic (exact) mass is 394 g/mol. The van der Waals surface area contributed by atoms with Crippen LogP contribution in [0.1, 0.15) is 0 Å². The maximum absolute atomic E-state index is 7.94. The van der Waals surface area contributed by atoms with Crippen molar-refractivity contribution in [1.82, 2.24) is 0 Å². The molecule has 0 atom stereocenters. The molecule has 0 amide bonds. The predicted octanol–water partition coefficient (Wildman–Crippen LogP) is -4.17. The quantitative estimate of drug-likeness (QED) is 0.262. The van der Waals surface area contributed by atoms with E-state index >= 15 is 0 Å². The van der Waals surface area contributed by atoms with Crippen LogP contribution in [0.3, 0.4) is 0 Å². The van der Waals surface area contributed by atoms with E-state index in [0.29, 0.717) is 0 Å². The Kier molecular flexibility index (Phi) is 11.5. The molecule has 0 aliphatic rings. The summed E-state index contributed by atoms with van der Waals surface area (Å²) in [6.07, 6.45) is 0. The van der Waals surface area contributed by atoms with Gasteiger partial charge in [-0.25, -0.2) is 0 Å². The maximum Gasteiger partial charge on any atom is 0.665 e. The van der Waals surface area contributed by atoms with Crippen LogP contribution in [0, 0.1) is 36.9 Å². The van der Waals surface area contributed by atoms with E-state index in [0.717, 1.165) is 0 Å². The van der Waals surface area contributed by atoms with Crippen molar-refractivity contribution < 1.29 is 95.6 Å². The molecule has 74 valence electrons. The molecule has 2 radical (unpaired) electrons. The van der Waals surface area contributed by atoms with Crippen LogP contribution in [-0.4, -0.2) is 46.9 Å². The molecule has 0 saturated heterocycles. The molecule has 0 fully saturated rings. The SMILES string of the molecule is O[Si](O)(O)O[Si](O)(O)O.[Lu].[Sc]. The normalized spacial score (nSPS) is 11.5. The molecule has 7 nitrogen and oxygen atoms in total. The van der Waals surface area contributed by atoms with Gasteiger partial charge in [0.25, 0.3) is 0 Å². The first-order valence-electron chi connectivity index (χ1n) is 1.75. The van der Waals surface area contributed by atoms with Gasteiger partial charge in [-0.1, -0.05) is 0 Å². The van der Waals surface area contributed by atoms with Gasteiger partial charge < -0.3 is 32.9 Å². The van der Waals surface area contributed by atoms with E-state index in [-0.39, 0.29) is 62.7 Å². The molecule has 0 spiro atoms. The van der Waals surface area contributed by atoms with Crippen LogP contribution in [0.4, 0.5) is 0 Å². The van der Waals surface area contributed by atoms with Gasteiger partial charge in [0.2, 0.25) is 0 Å². The van der Waals surface area contributed by atoms with Crippen molar-refractivity contribution >= 4 is 18.1 Å². The molecular weight excluding hydrogens is 388 g/mol. The van der Waals surface area contributed by atoms with Crippen LogP contribution in [0.15, 0.2) is 0 Å². The fraction of sp³-hybridized carbons (Fsp3) is 0. The molecule has 0 saturated carbocycles. The Morgan fingerprint density at radius 1 is 0.727 bits per heavy atom. The fourth-order valence-corrected chi connectivity index (χ4v) is 1.65. The summed E-state index contributed by atoms with van der Waals surface area (Å²) in [6.45, 7) is 0. The Balaban J connectivity index is -0.000000320. The number of hydrogen-bond donors (Lipinski definition) is 6. The standard InChI is InChI=1S/Lu.H6O7Si2.Sc/c;1-8(2,3)7-9(4,5)6;/h;1-6H;. The zero-order valence-electron chi connectivity index (χ0n) is 4.93. The van der Waals surface area contributed by atoms with Crippen molar-refractivity contribution in [2.24, 2.45) is 0 Å². The van der Waals surface area contributed by atoms with Crippen molar-refractivity contribution in [2.45, 2.75) is 0 Å².